The van der Waals surface area contributed by atoms with E-state index in [1.807, 2.05) is 36.4 Å². The highest BCUT2D eigenvalue weighted by Gasteiger charge is 2.27. The van der Waals surface area contributed by atoms with Crippen LogP contribution in [-0.2, 0) is 4.79 Å². The molecule has 0 spiro atoms. The lowest BCUT2D eigenvalue weighted by Gasteiger charge is -2.32. The second-order valence-corrected chi connectivity index (χ2v) is 8.41. The topological polar surface area (TPSA) is 77.0 Å². The highest BCUT2D eigenvalue weighted by atomic mass is 32.2. The third kappa shape index (κ3) is 3.59. The van der Waals surface area contributed by atoms with Crippen molar-refractivity contribution >= 4 is 29.0 Å². The van der Waals surface area contributed by atoms with Crippen LogP contribution >= 0.6 is 23.1 Å². The minimum absolute atomic E-state index is 0.132. The third-order valence-electron chi connectivity index (χ3n) is 4.51. The minimum Gasteiger partial charge on any atom is -0.342 e. The van der Waals surface area contributed by atoms with Crippen LogP contribution in [0.2, 0.25) is 0 Å². The number of carbonyl (C=O) groups is 1. The predicted octanol–water partition coefficient (Wildman–Crippen LogP) is 2.99. The molecular formula is C16H23N5OS2. The van der Waals surface area contributed by atoms with Crippen LogP contribution in [0.5, 0.6) is 0 Å². The molecule has 1 atom stereocenters. The quantitative estimate of drug-likeness (QED) is 0.651. The van der Waals surface area contributed by atoms with Gasteiger partial charge in [0.15, 0.2) is 5.82 Å². The smallest absolute Gasteiger partial charge is 0.235 e. The lowest BCUT2D eigenvalue weighted by molar-refractivity contribution is -0.131. The molecule has 3 rings (SSSR count). The van der Waals surface area contributed by atoms with Gasteiger partial charge in [-0.1, -0.05) is 37.1 Å². The number of nitrogens with zero attached hydrogens (tertiary/aromatic N) is 4. The van der Waals surface area contributed by atoms with Crippen molar-refractivity contribution in [3.8, 4) is 10.7 Å². The largest absolute Gasteiger partial charge is 0.342 e. The molecule has 0 unspecified atom stereocenters. The number of carbonyl (C=O) groups excluding carboxylic acids is 1. The van der Waals surface area contributed by atoms with Crippen molar-refractivity contribution in [2.24, 2.45) is 0 Å². The Balaban J connectivity index is 1.66. The second-order valence-electron chi connectivity index (χ2n) is 6.15. The Hall–Kier alpha value is -1.54. The molecule has 6 nitrogen and oxygen atoms in total. The first-order chi connectivity index (χ1) is 11.6. The standard InChI is InChI=1S/C16H23N5OS2/c1-11(15(22)20(2)12-7-4-3-5-8-12)24-16-19-18-14(21(16)17)13-9-6-10-23-13/h6,9-12H,3-5,7-8,17H2,1-2H3/t11-/m0/s1. The number of amides is 1. The van der Waals surface area contributed by atoms with Gasteiger partial charge >= 0.3 is 0 Å². The maximum Gasteiger partial charge on any atom is 0.235 e. The Bertz CT molecular complexity index is 679. The summed E-state index contributed by atoms with van der Waals surface area (Å²) in [5.74, 6) is 6.88. The van der Waals surface area contributed by atoms with E-state index in [0.717, 1.165) is 17.7 Å². The molecular weight excluding hydrogens is 342 g/mol. The van der Waals surface area contributed by atoms with Gasteiger partial charge in [-0.05, 0) is 31.2 Å². The number of hydrogen-bond donors (Lipinski definition) is 1. The highest BCUT2D eigenvalue weighted by Crippen LogP contribution is 2.29. The summed E-state index contributed by atoms with van der Waals surface area (Å²) < 4.78 is 1.47. The zero-order valence-electron chi connectivity index (χ0n) is 14.0. The zero-order chi connectivity index (χ0) is 17.1. The molecule has 2 heterocycles. The van der Waals surface area contributed by atoms with Crippen LogP contribution in [0, 0.1) is 0 Å². The maximum absolute atomic E-state index is 12.7. The van der Waals surface area contributed by atoms with Crippen molar-refractivity contribution in [2.45, 2.75) is 55.5 Å². The summed E-state index contributed by atoms with van der Waals surface area (Å²) in [4.78, 5) is 15.6. The second kappa shape index (κ2) is 7.57. The SMILES string of the molecule is C[C@H](Sc1nnc(-c2cccs2)n1N)C(=O)N(C)C1CCCCC1. The lowest BCUT2D eigenvalue weighted by Crippen LogP contribution is -2.42. The summed E-state index contributed by atoms with van der Waals surface area (Å²) >= 11 is 2.93. The molecule has 1 fully saturated rings. The van der Waals surface area contributed by atoms with E-state index in [4.69, 9.17) is 5.84 Å². The molecule has 2 aromatic heterocycles. The molecule has 0 radical (unpaired) electrons. The van der Waals surface area contributed by atoms with Crippen molar-refractivity contribution in [1.29, 1.82) is 0 Å². The minimum atomic E-state index is -0.236. The summed E-state index contributed by atoms with van der Waals surface area (Å²) in [6.07, 6.45) is 5.92. The normalized spacial score (nSPS) is 16.9. The predicted molar refractivity (Wildman–Crippen MR) is 98.4 cm³/mol. The van der Waals surface area contributed by atoms with Gasteiger partial charge in [-0.15, -0.1) is 21.5 Å². The molecule has 1 aliphatic carbocycles. The number of hydrogen-bond acceptors (Lipinski definition) is 6. The van der Waals surface area contributed by atoms with E-state index < -0.39 is 0 Å². The van der Waals surface area contributed by atoms with Crippen LogP contribution in [0.4, 0.5) is 0 Å². The first-order valence-electron chi connectivity index (χ1n) is 8.25. The first-order valence-corrected chi connectivity index (χ1v) is 10.0. The van der Waals surface area contributed by atoms with Gasteiger partial charge in [0.25, 0.3) is 0 Å². The lowest BCUT2D eigenvalue weighted by atomic mass is 9.94. The van der Waals surface area contributed by atoms with E-state index >= 15 is 0 Å². The van der Waals surface area contributed by atoms with E-state index in [1.165, 1.54) is 35.7 Å². The van der Waals surface area contributed by atoms with Crippen molar-refractivity contribution < 1.29 is 4.79 Å². The number of nitrogen functional groups attached to an aromatic ring is 1. The number of nitrogens with two attached hydrogens (primary N) is 1. The molecule has 130 valence electrons. The van der Waals surface area contributed by atoms with Gasteiger partial charge in [-0.2, -0.15) is 0 Å². The highest BCUT2D eigenvalue weighted by molar-refractivity contribution is 8.00. The summed E-state index contributed by atoms with van der Waals surface area (Å²) in [6.45, 7) is 1.91. The average molecular weight is 366 g/mol. The fourth-order valence-electron chi connectivity index (χ4n) is 3.07. The summed E-state index contributed by atoms with van der Waals surface area (Å²) in [5, 5.41) is 10.6. The average Bonchev–Trinajstić information content (AvgIpc) is 3.25. The maximum atomic E-state index is 12.7. The molecule has 0 aliphatic heterocycles. The zero-order valence-corrected chi connectivity index (χ0v) is 15.6. The Labute approximate surface area is 150 Å². The van der Waals surface area contributed by atoms with Gasteiger partial charge in [-0.25, -0.2) is 4.68 Å². The molecule has 0 saturated heterocycles. The monoisotopic (exact) mass is 365 g/mol. The van der Waals surface area contributed by atoms with Gasteiger partial charge in [-0.3, -0.25) is 4.79 Å². The van der Waals surface area contributed by atoms with E-state index in [1.54, 1.807) is 11.3 Å². The Morgan fingerprint density at radius 2 is 2.17 bits per heavy atom. The van der Waals surface area contributed by atoms with Gasteiger partial charge in [0.05, 0.1) is 10.1 Å². The molecule has 8 heteroatoms. The third-order valence-corrected chi connectivity index (χ3v) is 6.42. The Kier molecular flexibility index (Phi) is 5.45. The van der Waals surface area contributed by atoms with E-state index in [0.29, 0.717) is 17.0 Å². The van der Waals surface area contributed by atoms with Gasteiger partial charge < -0.3 is 10.7 Å². The summed E-state index contributed by atoms with van der Waals surface area (Å²) in [6, 6.07) is 4.27. The van der Waals surface area contributed by atoms with Crippen molar-refractivity contribution in [3.63, 3.8) is 0 Å². The fraction of sp³-hybridized carbons (Fsp3) is 0.562. The van der Waals surface area contributed by atoms with Crippen molar-refractivity contribution in [3.05, 3.63) is 17.5 Å². The molecule has 24 heavy (non-hydrogen) atoms. The van der Waals surface area contributed by atoms with Gasteiger partial charge in [0.2, 0.25) is 11.1 Å². The molecule has 1 aliphatic rings. The molecule has 1 amide bonds. The van der Waals surface area contributed by atoms with Crippen LogP contribution in [0.1, 0.15) is 39.0 Å². The number of thioether (sulfide) groups is 1. The number of rotatable bonds is 5. The van der Waals surface area contributed by atoms with E-state index in [2.05, 4.69) is 10.2 Å². The number of thiophene rings is 1. The number of aromatic nitrogens is 3. The summed E-state index contributed by atoms with van der Waals surface area (Å²) in [7, 11) is 1.92. The fourth-order valence-corrected chi connectivity index (χ4v) is 4.65. The Morgan fingerprint density at radius 3 is 2.83 bits per heavy atom. The molecule has 2 aromatic rings. The van der Waals surface area contributed by atoms with Crippen LogP contribution in [0.3, 0.4) is 0 Å². The van der Waals surface area contributed by atoms with Crippen molar-refractivity contribution in [2.75, 3.05) is 12.9 Å². The molecule has 0 bridgehead atoms. The molecule has 1 saturated carbocycles. The van der Waals surface area contributed by atoms with E-state index in [-0.39, 0.29) is 11.2 Å². The van der Waals surface area contributed by atoms with Crippen LogP contribution in [0.25, 0.3) is 10.7 Å². The summed E-state index contributed by atoms with van der Waals surface area (Å²) in [5.41, 5.74) is 0. The van der Waals surface area contributed by atoms with Gasteiger partial charge in [0, 0.05) is 13.1 Å². The van der Waals surface area contributed by atoms with Gasteiger partial charge in [0.1, 0.15) is 0 Å². The van der Waals surface area contributed by atoms with Crippen molar-refractivity contribution in [1.82, 2.24) is 19.8 Å². The van der Waals surface area contributed by atoms with E-state index in [9.17, 15) is 4.79 Å². The Morgan fingerprint density at radius 1 is 1.42 bits per heavy atom. The van der Waals surface area contributed by atoms with Crippen LogP contribution in [0.15, 0.2) is 22.7 Å². The first kappa shape index (κ1) is 17.3. The van der Waals surface area contributed by atoms with Crippen LogP contribution < -0.4 is 5.84 Å². The molecule has 0 aromatic carbocycles. The molecule has 2 N–H and O–H groups in total. The van der Waals surface area contributed by atoms with Crippen LogP contribution in [-0.4, -0.2) is 44.0 Å².